The van der Waals surface area contributed by atoms with Crippen molar-refractivity contribution in [3.63, 3.8) is 0 Å². The lowest BCUT2D eigenvalue weighted by molar-refractivity contribution is 0.251. The van der Waals surface area contributed by atoms with Crippen molar-refractivity contribution in [1.82, 2.24) is 5.32 Å². The molecule has 82 valence electrons. The van der Waals surface area contributed by atoms with Crippen molar-refractivity contribution in [3.8, 4) is 0 Å². The maximum atomic E-state index is 13.2. The Morgan fingerprint density at radius 2 is 1.88 bits per heavy atom. The summed E-state index contributed by atoms with van der Waals surface area (Å²) in [4.78, 5) is 11.5. The molecular weight excluding hydrogens is 207 g/mol. The first-order chi connectivity index (χ1) is 7.75. The highest BCUT2D eigenvalue weighted by molar-refractivity contribution is 5.89. The molecule has 3 nitrogen and oxygen atoms in total. The van der Waals surface area contributed by atoms with Crippen molar-refractivity contribution in [1.29, 1.82) is 0 Å². The number of halogens is 1. The topological polar surface area (TPSA) is 41.1 Å². The van der Waals surface area contributed by atoms with Crippen LogP contribution >= 0.6 is 0 Å². The summed E-state index contributed by atoms with van der Waals surface area (Å²) in [6, 6.07) is 5.49. The van der Waals surface area contributed by atoms with Crippen LogP contribution in [-0.4, -0.2) is 12.1 Å². The van der Waals surface area contributed by atoms with Crippen LogP contribution in [-0.2, 0) is 0 Å². The molecule has 0 aliphatic heterocycles. The first-order valence-electron chi connectivity index (χ1n) is 4.93. The van der Waals surface area contributed by atoms with Crippen LogP contribution in [0.3, 0.4) is 0 Å². The Morgan fingerprint density at radius 1 is 1.19 bits per heavy atom. The van der Waals surface area contributed by atoms with E-state index in [1.165, 1.54) is 12.1 Å². The fourth-order valence-electron chi connectivity index (χ4n) is 1.40. The molecule has 0 fully saturated rings. The number of carbonyl (C=O) groups excluding carboxylic acids is 1. The number of rotatable bonds is 2. The van der Waals surface area contributed by atoms with Crippen molar-refractivity contribution in [3.05, 3.63) is 54.4 Å². The molecule has 1 aliphatic carbocycles. The Morgan fingerprint density at radius 3 is 2.56 bits per heavy atom. The number of benzene rings is 1. The Kier molecular flexibility index (Phi) is 3.00. The number of para-hydroxylation sites is 1. The van der Waals surface area contributed by atoms with Gasteiger partial charge in [0.1, 0.15) is 5.82 Å². The normalized spacial score (nSPS) is 14.1. The molecule has 0 spiro atoms. The van der Waals surface area contributed by atoms with Gasteiger partial charge >= 0.3 is 6.03 Å². The maximum absolute atomic E-state index is 13.2. The quantitative estimate of drug-likeness (QED) is 0.786. The molecule has 2 N–H and O–H groups in total. The van der Waals surface area contributed by atoms with Crippen LogP contribution < -0.4 is 10.6 Å². The highest BCUT2D eigenvalue weighted by Crippen LogP contribution is 2.12. The number of carbonyl (C=O) groups is 1. The van der Waals surface area contributed by atoms with Gasteiger partial charge in [-0.25, -0.2) is 9.18 Å². The van der Waals surface area contributed by atoms with Crippen molar-refractivity contribution >= 4 is 11.7 Å². The molecule has 1 aromatic carbocycles. The summed E-state index contributed by atoms with van der Waals surface area (Å²) in [5.74, 6) is -0.449. The zero-order valence-corrected chi connectivity index (χ0v) is 8.48. The van der Waals surface area contributed by atoms with Crippen LogP contribution in [0.15, 0.2) is 48.6 Å². The van der Waals surface area contributed by atoms with Gasteiger partial charge in [0.05, 0.1) is 11.7 Å². The van der Waals surface area contributed by atoms with E-state index < -0.39 is 11.8 Å². The Hall–Kier alpha value is -2.10. The number of hydrogen-bond acceptors (Lipinski definition) is 1. The third kappa shape index (κ3) is 2.48. The van der Waals surface area contributed by atoms with Gasteiger partial charge in [0.25, 0.3) is 0 Å². The van der Waals surface area contributed by atoms with Crippen LogP contribution in [0.5, 0.6) is 0 Å². The summed E-state index contributed by atoms with van der Waals surface area (Å²) in [6.45, 7) is 0. The molecule has 0 bridgehead atoms. The second kappa shape index (κ2) is 4.61. The zero-order chi connectivity index (χ0) is 11.4. The number of amides is 2. The standard InChI is InChI=1S/C12H11FN2O/c13-10-7-3-4-8-11(10)15-12(16)14-9-5-1-2-6-9/h1-9H,(H2,14,15,16). The first kappa shape index (κ1) is 10.4. The molecule has 0 atom stereocenters. The molecule has 0 saturated carbocycles. The van der Waals surface area contributed by atoms with E-state index in [2.05, 4.69) is 10.6 Å². The fourth-order valence-corrected chi connectivity index (χ4v) is 1.40. The highest BCUT2D eigenvalue weighted by Gasteiger charge is 2.09. The van der Waals surface area contributed by atoms with Crippen LogP contribution in [0.1, 0.15) is 0 Å². The van der Waals surface area contributed by atoms with Gasteiger partial charge in [-0.3, -0.25) is 0 Å². The molecule has 1 aliphatic rings. The molecule has 2 amide bonds. The summed E-state index contributed by atoms with van der Waals surface area (Å²) in [5.41, 5.74) is 0.172. The minimum Gasteiger partial charge on any atom is -0.328 e. The van der Waals surface area contributed by atoms with E-state index in [1.807, 2.05) is 24.3 Å². The second-order valence-corrected chi connectivity index (χ2v) is 3.37. The molecule has 2 rings (SSSR count). The Bertz CT molecular complexity index is 442. The molecule has 0 heterocycles. The van der Waals surface area contributed by atoms with Crippen molar-refractivity contribution in [2.75, 3.05) is 5.32 Å². The largest absolute Gasteiger partial charge is 0.328 e. The zero-order valence-electron chi connectivity index (χ0n) is 8.48. The van der Waals surface area contributed by atoms with Gasteiger partial charge < -0.3 is 10.6 Å². The predicted molar refractivity (Wildman–Crippen MR) is 60.6 cm³/mol. The molecule has 16 heavy (non-hydrogen) atoms. The molecule has 0 aromatic heterocycles. The average molecular weight is 218 g/mol. The fraction of sp³-hybridized carbons (Fsp3) is 0.0833. The molecule has 0 radical (unpaired) electrons. The number of allylic oxidation sites excluding steroid dienone is 2. The minimum atomic E-state index is -0.449. The lowest BCUT2D eigenvalue weighted by Crippen LogP contribution is -2.35. The van der Waals surface area contributed by atoms with Gasteiger partial charge in [-0.15, -0.1) is 0 Å². The smallest absolute Gasteiger partial charge is 0.320 e. The summed E-state index contributed by atoms with van der Waals surface area (Å²) in [5, 5.41) is 5.11. The van der Waals surface area contributed by atoms with Crippen LogP contribution in [0.4, 0.5) is 14.9 Å². The second-order valence-electron chi connectivity index (χ2n) is 3.37. The van der Waals surface area contributed by atoms with E-state index in [4.69, 9.17) is 0 Å². The first-order valence-corrected chi connectivity index (χ1v) is 4.93. The lowest BCUT2D eigenvalue weighted by Gasteiger charge is -2.10. The highest BCUT2D eigenvalue weighted by atomic mass is 19.1. The molecule has 1 aromatic rings. The van der Waals surface area contributed by atoms with Gasteiger partial charge in [-0.1, -0.05) is 36.4 Å². The van der Waals surface area contributed by atoms with E-state index in [-0.39, 0.29) is 11.7 Å². The van der Waals surface area contributed by atoms with Crippen LogP contribution in [0.25, 0.3) is 0 Å². The summed E-state index contributed by atoms with van der Waals surface area (Å²) in [7, 11) is 0. The summed E-state index contributed by atoms with van der Waals surface area (Å²) < 4.78 is 13.2. The summed E-state index contributed by atoms with van der Waals surface area (Å²) in [6.07, 6.45) is 7.35. The van der Waals surface area contributed by atoms with Crippen LogP contribution in [0, 0.1) is 5.82 Å². The number of hydrogen-bond donors (Lipinski definition) is 2. The van der Waals surface area contributed by atoms with Gasteiger partial charge in [0.15, 0.2) is 0 Å². The Labute approximate surface area is 92.7 Å². The predicted octanol–water partition coefficient (Wildman–Crippen LogP) is 2.44. The van der Waals surface area contributed by atoms with Gasteiger partial charge in [-0.05, 0) is 12.1 Å². The van der Waals surface area contributed by atoms with Crippen LogP contribution in [0.2, 0.25) is 0 Å². The SMILES string of the molecule is O=C(Nc1ccccc1F)NC1C=CC=C1. The van der Waals surface area contributed by atoms with E-state index in [0.717, 1.165) is 0 Å². The van der Waals surface area contributed by atoms with E-state index in [0.29, 0.717) is 0 Å². The third-order valence-electron chi connectivity index (χ3n) is 2.17. The van der Waals surface area contributed by atoms with E-state index in [1.54, 1.807) is 12.1 Å². The van der Waals surface area contributed by atoms with Gasteiger partial charge in [-0.2, -0.15) is 0 Å². The minimum absolute atomic E-state index is 0.119. The molecule has 0 unspecified atom stereocenters. The van der Waals surface area contributed by atoms with Crippen molar-refractivity contribution in [2.45, 2.75) is 6.04 Å². The molecular formula is C12H11FN2O. The average Bonchev–Trinajstić information content (AvgIpc) is 2.74. The Balaban J connectivity index is 1.94. The van der Waals surface area contributed by atoms with Crippen molar-refractivity contribution < 1.29 is 9.18 Å². The molecule has 0 saturated heterocycles. The molecule has 4 heteroatoms. The van der Waals surface area contributed by atoms with E-state index >= 15 is 0 Å². The monoisotopic (exact) mass is 218 g/mol. The van der Waals surface area contributed by atoms with Crippen molar-refractivity contribution in [2.24, 2.45) is 0 Å². The number of anilines is 1. The van der Waals surface area contributed by atoms with Gasteiger partial charge in [0.2, 0.25) is 0 Å². The summed E-state index contributed by atoms with van der Waals surface area (Å²) >= 11 is 0. The number of nitrogens with one attached hydrogen (secondary N) is 2. The maximum Gasteiger partial charge on any atom is 0.320 e. The lowest BCUT2D eigenvalue weighted by atomic mass is 10.3. The van der Waals surface area contributed by atoms with Gasteiger partial charge in [0, 0.05) is 0 Å². The third-order valence-corrected chi connectivity index (χ3v) is 2.17. The number of urea groups is 1. The van der Waals surface area contributed by atoms with E-state index in [9.17, 15) is 9.18 Å².